The first-order valence-electron chi connectivity index (χ1n) is 4.95. The van der Waals surface area contributed by atoms with Crippen LogP contribution < -0.4 is 5.32 Å². The van der Waals surface area contributed by atoms with Crippen molar-refractivity contribution < 1.29 is 22.7 Å². The molecule has 0 spiro atoms. The first-order valence-corrected chi connectivity index (χ1v) is 6.67. The summed E-state index contributed by atoms with van der Waals surface area (Å²) in [5, 5.41) is 3.52. The summed E-state index contributed by atoms with van der Waals surface area (Å²) in [5.74, 6) is -0.104. The normalized spacial score (nSPS) is 21.9. The van der Waals surface area contributed by atoms with Gasteiger partial charge in [-0.3, -0.25) is 0 Å². The Bertz CT molecular complexity index is 362. The Kier molecular flexibility index (Phi) is 4.75. The summed E-state index contributed by atoms with van der Waals surface area (Å²) in [6.07, 6.45) is 0.797. The molecular weight excluding hydrogens is 234 g/mol. The monoisotopic (exact) mass is 249 g/mol. The van der Waals surface area contributed by atoms with Gasteiger partial charge in [-0.15, -0.1) is 0 Å². The topological polar surface area (TPSA) is 81.7 Å². The van der Waals surface area contributed by atoms with Gasteiger partial charge in [-0.2, -0.15) is 0 Å². The Morgan fingerprint density at radius 3 is 2.81 bits per heavy atom. The van der Waals surface area contributed by atoms with Gasteiger partial charge in [0.1, 0.15) is 6.61 Å². The molecule has 92 valence electrons. The average molecular weight is 249 g/mol. The van der Waals surface area contributed by atoms with E-state index in [2.05, 4.69) is 5.32 Å². The van der Waals surface area contributed by atoms with Gasteiger partial charge in [0, 0.05) is 12.0 Å². The Hall–Kier alpha value is -1.08. The number of nitrogens with one attached hydrogen (secondary N) is 1. The van der Waals surface area contributed by atoms with E-state index in [1.54, 1.807) is 0 Å². The third-order valence-corrected chi connectivity index (χ3v) is 3.29. The number of hydrogen-bond acceptors (Lipinski definition) is 5. The van der Waals surface area contributed by atoms with E-state index in [1.807, 2.05) is 6.92 Å². The summed E-state index contributed by atoms with van der Waals surface area (Å²) in [5.41, 5.74) is 0. The van der Waals surface area contributed by atoms with Gasteiger partial charge in [-0.1, -0.05) is 0 Å². The van der Waals surface area contributed by atoms with Crippen LogP contribution in [0.4, 0.5) is 4.79 Å². The molecule has 1 aliphatic rings. The lowest BCUT2D eigenvalue weighted by atomic mass is 10.3. The lowest BCUT2D eigenvalue weighted by Gasteiger charge is -2.10. The molecule has 0 saturated heterocycles. The van der Waals surface area contributed by atoms with Gasteiger partial charge < -0.3 is 14.8 Å². The Labute approximate surface area is 94.5 Å². The third kappa shape index (κ3) is 4.63. The molecular formula is C9H15NO5S. The van der Waals surface area contributed by atoms with Crippen molar-refractivity contribution in [2.24, 2.45) is 0 Å². The summed E-state index contributed by atoms with van der Waals surface area (Å²) in [7, 11) is -3.15. The molecule has 0 bridgehead atoms. The molecule has 0 aromatic heterocycles. The molecule has 0 aromatic rings. The highest BCUT2D eigenvalue weighted by Crippen LogP contribution is 2.07. The number of amides is 1. The fourth-order valence-electron chi connectivity index (χ4n) is 1.20. The van der Waals surface area contributed by atoms with Crippen LogP contribution in [-0.4, -0.2) is 46.1 Å². The minimum Gasteiger partial charge on any atom is -0.447 e. The maximum Gasteiger partial charge on any atom is 0.407 e. The molecule has 0 saturated carbocycles. The largest absolute Gasteiger partial charge is 0.447 e. The van der Waals surface area contributed by atoms with Crippen LogP contribution in [0, 0.1) is 0 Å². The first-order chi connectivity index (χ1) is 7.53. The fraction of sp³-hybridized carbons (Fsp3) is 0.667. The third-order valence-electron chi connectivity index (χ3n) is 1.90. The molecule has 1 heterocycles. The SMILES string of the molecule is CCOCCOC(=O)NC1C=CS(=O)(=O)C1. The second-order valence-corrected chi connectivity index (χ2v) is 5.17. The number of rotatable bonds is 5. The highest BCUT2D eigenvalue weighted by atomic mass is 32.2. The van der Waals surface area contributed by atoms with E-state index in [1.165, 1.54) is 6.08 Å². The van der Waals surface area contributed by atoms with Crippen LogP contribution in [0.15, 0.2) is 11.5 Å². The number of sulfone groups is 1. The molecule has 1 aliphatic heterocycles. The highest BCUT2D eigenvalue weighted by Gasteiger charge is 2.23. The van der Waals surface area contributed by atoms with E-state index >= 15 is 0 Å². The molecule has 1 atom stereocenters. The molecule has 0 aliphatic carbocycles. The first kappa shape index (κ1) is 13.0. The number of hydrogen-bond donors (Lipinski definition) is 1. The van der Waals surface area contributed by atoms with Crippen LogP contribution in [0.2, 0.25) is 0 Å². The molecule has 1 rings (SSSR count). The fourth-order valence-corrected chi connectivity index (χ4v) is 2.43. The summed E-state index contributed by atoms with van der Waals surface area (Å²) in [6.45, 7) is 2.90. The van der Waals surface area contributed by atoms with Crippen molar-refractivity contribution >= 4 is 15.9 Å². The minimum atomic E-state index is -3.15. The van der Waals surface area contributed by atoms with Crippen LogP contribution in [0.25, 0.3) is 0 Å². The number of ether oxygens (including phenoxy) is 2. The van der Waals surface area contributed by atoms with Crippen molar-refractivity contribution in [3.8, 4) is 0 Å². The lowest BCUT2D eigenvalue weighted by Crippen LogP contribution is -2.36. The molecule has 0 fully saturated rings. The maximum absolute atomic E-state index is 11.2. The quantitative estimate of drug-likeness (QED) is 0.697. The molecule has 0 aromatic carbocycles. The van der Waals surface area contributed by atoms with Crippen LogP contribution in [-0.2, 0) is 19.3 Å². The predicted octanol–water partition coefficient (Wildman–Crippen LogP) is 0.0598. The van der Waals surface area contributed by atoms with Crippen LogP contribution in [0.3, 0.4) is 0 Å². The number of carbonyl (C=O) groups is 1. The van der Waals surface area contributed by atoms with Crippen molar-refractivity contribution in [2.45, 2.75) is 13.0 Å². The second kappa shape index (κ2) is 5.86. The Morgan fingerprint density at radius 1 is 1.50 bits per heavy atom. The average Bonchev–Trinajstić information content (AvgIpc) is 2.53. The summed E-state index contributed by atoms with van der Waals surface area (Å²) < 4.78 is 31.8. The van der Waals surface area contributed by atoms with Crippen molar-refractivity contribution in [3.05, 3.63) is 11.5 Å². The van der Waals surface area contributed by atoms with E-state index in [-0.39, 0.29) is 12.4 Å². The van der Waals surface area contributed by atoms with Crippen LogP contribution >= 0.6 is 0 Å². The van der Waals surface area contributed by atoms with E-state index in [9.17, 15) is 13.2 Å². The van der Waals surface area contributed by atoms with Crippen LogP contribution in [0.5, 0.6) is 0 Å². The number of alkyl carbamates (subject to hydrolysis) is 1. The van der Waals surface area contributed by atoms with E-state index in [4.69, 9.17) is 9.47 Å². The smallest absolute Gasteiger partial charge is 0.407 e. The highest BCUT2D eigenvalue weighted by molar-refractivity contribution is 7.94. The maximum atomic E-state index is 11.2. The molecule has 0 radical (unpaired) electrons. The second-order valence-electron chi connectivity index (χ2n) is 3.24. The zero-order valence-corrected chi connectivity index (χ0v) is 9.83. The standard InChI is InChI=1S/C9H15NO5S/c1-2-14-4-5-15-9(11)10-8-3-6-16(12,13)7-8/h3,6,8H,2,4-5,7H2,1H3,(H,10,11). The molecule has 6 nitrogen and oxygen atoms in total. The molecule has 16 heavy (non-hydrogen) atoms. The van der Waals surface area contributed by atoms with E-state index in [0.29, 0.717) is 13.2 Å². The molecule has 1 N–H and O–H groups in total. The lowest BCUT2D eigenvalue weighted by molar-refractivity contribution is 0.0783. The van der Waals surface area contributed by atoms with E-state index in [0.717, 1.165) is 5.41 Å². The molecule has 7 heteroatoms. The Balaban J connectivity index is 2.18. The van der Waals surface area contributed by atoms with Gasteiger partial charge in [-0.25, -0.2) is 13.2 Å². The summed E-state index contributed by atoms with van der Waals surface area (Å²) >= 11 is 0. The van der Waals surface area contributed by atoms with Gasteiger partial charge >= 0.3 is 6.09 Å². The van der Waals surface area contributed by atoms with Crippen LogP contribution in [0.1, 0.15) is 6.92 Å². The van der Waals surface area contributed by atoms with Crippen molar-refractivity contribution in [1.82, 2.24) is 5.32 Å². The van der Waals surface area contributed by atoms with Gasteiger partial charge in [0.25, 0.3) is 0 Å². The van der Waals surface area contributed by atoms with Crippen molar-refractivity contribution in [2.75, 3.05) is 25.6 Å². The predicted molar refractivity (Wildman–Crippen MR) is 57.7 cm³/mol. The Morgan fingerprint density at radius 2 is 2.25 bits per heavy atom. The molecule has 1 amide bonds. The summed E-state index contributed by atoms with van der Waals surface area (Å²) in [6, 6.07) is -0.496. The van der Waals surface area contributed by atoms with Gasteiger partial charge in [0.15, 0.2) is 9.84 Å². The molecule has 1 unspecified atom stereocenters. The van der Waals surface area contributed by atoms with Gasteiger partial charge in [0.05, 0.1) is 18.4 Å². The van der Waals surface area contributed by atoms with E-state index < -0.39 is 22.0 Å². The van der Waals surface area contributed by atoms with Crippen molar-refractivity contribution in [1.29, 1.82) is 0 Å². The van der Waals surface area contributed by atoms with Gasteiger partial charge in [0.2, 0.25) is 0 Å². The summed E-state index contributed by atoms with van der Waals surface area (Å²) in [4.78, 5) is 11.2. The van der Waals surface area contributed by atoms with Gasteiger partial charge in [-0.05, 0) is 13.0 Å². The minimum absolute atomic E-state index is 0.104. The zero-order valence-electron chi connectivity index (χ0n) is 9.01. The zero-order chi connectivity index (χ0) is 12.0. The number of carbonyl (C=O) groups excluding carboxylic acids is 1. The van der Waals surface area contributed by atoms with Crippen molar-refractivity contribution in [3.63, 3.8) is 0 Å².